The highest BCUT2D eigenvalue weighted by Crippen LogP contribution is 2.39. The van der Waals surface area contributed by atoms with Gasteiger partial charge in [0.15, 0.2) is 5.78 Å². The Kier molecular flexibility index (Phi) is 12.1. The normalized spacial score (nSPS) is 15.3. The molecular weight excluding hydrogens is 632 g/mol. The molecule has 0 saturated carbocycles. The third kappa shape index (κ3) is 8.38. The number of imide groups is 1. The molecule has 1 saturated heterocycles. The highest BCUT2D eigenvalue weighted by atomic mass is 35.5. The summed E-state index contributed by atoms with van der Waals surface area (Å²) in [4.78, 5) is 65.3. The van der Waals surface area contributed by atoms with E-state index >= 15 is 0 Å². The maximum atomic E-state index is 14.0. The predicted octanol–water partition coefficient (Wildman–Crippen LogP) is 6.40. The summed E-state index contributed by atoms with van der Waals surface area (Å²) in [6, 6.07) is 13.8. The van der Waals surface area contributed by atoms with Gasteiger partial charge >= 0.3 is 6.03 Å². The molecule has 1 fully saturated rings. The molecule has 11 heteroatoms. The summed E-state index contributed by atoms with van der Waals surface area (Å²) in [7, 11) is 1.37. The van der Waals surface area contributed by atoms with E-state index in [2.05, 4.69) is 64.3 Å². The van der Waals surface area contributed by atoms with Gasteiger partial charge in [-0.15, -0.1) is 0 Å². The minimum absolute atomic E-state index is 0.0368. The highest BCUT2D eigenvalue weighted by Gasteiger charge is 2.60. The number of nitrogens with one attached hydrogen (secondary N) is 2. The van der Waals surface area contributed by atoms with E-state index in [0.29, 0.717) is 23.6 Å². The fourth-order valence-corrected chi connectivity index (χ4v) is 5.79. The van der Waals surface area contributed by atoms with E-state index in [1.807, 2.05) is 6.07 Å². The van der Waals surface area contributed by atoms with Crippen molar-refractivity contribution in [2.75, 3.05) is 32.1 Å². The van der Waals surface area contributed by atoms with Gasteiger partial charge in [-0.2, -0.15) is 0 Å². The van der Waals surface area contributed by atoms with Crippen LogP contribution in [-0.4, -0.2) is 71.1 Å². The molecule has 1 unspecified atom stereocenters. The first-order chi connectivity index (χ1) is 22.3. The second kappa shape index (κ2) is 15.1. The Bertz CT molecular complexity index is 1520. The lowest BCUT2D eigenvalue weighted by atomic mass is 9.76. The largest absolute Gasteiger partial charge is 0.493 e. The third-order valence-corrected chi connectivity index (χ3v) is 10.00. The number of carbonyl (C=O) groups excluding carboxylic acids is 5. The number of benzene rings is 2. The van der Waals surface area contributed by atoms with Crippen molar-refractivity contribution in [3.63, 3.8) is 0 Å². The van der Waals surface area contributed by atoms with Gasteiger partial charge in [0.1, 0.15) is 12.3 Å². The Labute approximate surface area is 289 Å². The lowest BCUT2D eigenvalue weighted by Crippen LogP contribution is -2.64. The summed E-state index contributed by atoms with van der Waals surface area (Å²) in [5.74, 6) is -2.27. The van der Waals surface area contributed by atoms with Gasteiger partial charge in [-0.3, -0.25) is 19.2 Å². The molecule has 3 rings (SSSR count). The van der Waals surface area contributed by atoms with Crippen LogP contribution in [0.15, 0.2) is 48.5 Å². The molecule has 2 aromatic carbocycles. The number of urea groups is 1. The molecule has 0 aromatic heterocycles. The van der Waals surface area contributed by atoms with Crippen molar-refractivity contribution in [2.24, 2.45) is 5.41 Å². The maximum Gasteiger partial charge on any atom is 0.329 e. The van der Waals surface area contributed by atoms with E-state index in [0.717, 1.165) is 29.1 Å². The van der Waals surface area contributed by atoms with Crippen molar-refractivity contribution in [1.29, 1.82) is 0 Å². The van der Waals surface area contributed by atoms with E-state index in [9.17, 15) is 24.0 Å². The molecule has 2 aromatic rings. The molecular formula is C37H51ClN4O6. The summed E-state index contributed by atoms with van der Waals surface area (Å²) in [5, 5.41) is 5.31. The maximum absolute atomic E-state index is 14.0. The molecule has 262 valence electrons. The SMILES string of the molecule is CCC(C)(C)c1ccc(OCCCC(=O)NCC(C)(C)C(=O)C(Cl)(C(=O)Nc2ccccc2)N2C(=O)CN(C)C2=O)c(C(C)(C)CC)c1. The van der Waals surface area contributed by atoms with E-state index in [1.165, 1.54) is 26.5 Å². The number of ketones is 1. The third-order valence-electron chi connectivity index (χ3n) is 9.49. The Morgan fingerprint density at radius 3 is 2.10 bits per heavy atom. The number of para-hydroxylation sites is 1. The number of nitrogens with zero attached hydrogens (tertiary/aromatic N) is 2. The van der Waals surface area contributed by atoms with Gasteiger partial charge < -0.3 is 20.3 Å². The molecule has 2 N–H and O–H groups in total. The number of amides is 5. The van der Waals surface area contributed by atoms with Crippen LogP contribution in [0.2, 0.25) is 0 Å². The number of likely N-dealkylation sites (N-methyl/N-ethyl adjacent to an activating group) is 1. The number of hydrogen-bond donors (Lipinski definition) is 2. The monoisotopic (exact) mass is 682 g/mol. The van der Waals surface area contributed by atoms with Crippen LogP contribution in [0.1, 0.15) is 92.2 Å². The van der Waals surface area contributed by atoms with Crippen LogP contribution in [0.4, 0.5) is 10.5 Å². The number of carbonyl (C=O) groups is 5. The van der Waals surface area contributed by atoms with Crippen LogP contribution in [-0.2, 0) is 30.0 Å². The Hall–Kier alpha value is -3.92. The lowest BCUT2D eigenvalue weighted by molar-refractivity contribution is -0.146. The standard InChI is InChI=1S/C37H51ClN4O6/c1-10-34(3,4)25-19-20-28(27(22-25)35(5,6)11-2)48-21-15-18-29(43)39-24-36(7,8)31(45)37(38,42-30(44)23-41(9)33(42)47)32(46)40-26-16-13-12-14-17-26/h12-14,16-17,19-20,22H,10-11,15,18,21,23-24H2,1-9H3,(H,39,43)(H,40,46). The molecule has 0 spiro atoms. The van der Waals surface area contributed by atoms with Crippen LogP contribution >= 0.6 is 11.6 Å². The van der Waals surface area contributed by atoms with E-state index in [-0.39, 0.29) is 36.2 Å². The number of halogens is 1. The molecule has 1 atom stereocenters. The van der Waals surface area contributed by atoms with Gasteiger partial charge in [0.05, 0.1) is 6.61 Å². The minimum Gasteiger partial charge on any atom is -0.493 e. The minimum atomic E-state index is -2.69. The summed E-state index contributed by atoms with van der Waals surface area (Å²) >= 11 is 6.78. The van der Waals surface area contributed by atoms with Crippen molar-refractivity contribution in [3.05, 3.63) is 59.7 Å². The van der Waals surface area contributed by atoms with Crippen LogP contribution in [0.25, 0.3) is 0 Å². The molecule has 1 aliphatic rings. The van der Waals surface area contributed by atoms with Crippen molar-refractivity contribution in [3.8, 4) is 5.75 Å². The number of rotatable bonds is 16. The number of Topliss-reactive ketones (excluding diaryl/α,β-unsaturated/α-hetero) is 1. The molecule has 48 heavy (non-hydrogen) atoms. The fourth-order valence-electron chi connectivity index (χ4n) is 5.32. The molecule has 0 bridgehead atoms. The van der Waals surface area contributed by atoms with Crippen molar-refractivity contribution in [2.45, 2.75) is 96.9 Å². The first-order valence-electron chi connectivity index (χ1n) is 16.5. The second-order valence-corrected chi connectivity index (χ2v) is 15.0. The van der Waals surface area contributed by atoms with Crippen LogP contribution in [0, 0.1) is 5.41 Å². The summed E-state index contributed by atoms with van der Waals surface area (Å²) in [6.45, 7) is 16.0. The van der Waals surface area contributed by atoms with Crippen LogP contribution in [0.5, 0.6) is 5.75 Å². The number of ether oxygens (including phenoxy) is 1. The fraction of sp³-hybridized carbons (Fsp3) is 0.541. The average molecular weight is 683 g/mol. The molecule has 5 amide bonds. The smallest absolute Gasteiger partial charge is 0.329 e. The van der Waals surface area contributed by atoms with Crippen molar-refractivity contribution >= 4 is 46.8 Å². The van der Waals surface area contributed by atoms with Crippen LogP contribution in [0.3, 0.4) is 0 Å². The first-order valence-corrected chi connectivity index (χ1v) is 16.9. The van der Waals surface area contributed by atoms with Gasteiger partial charge in [0.2, 0.25) is 5.91 Å². The summed E-state index contributed by atoms with van der Waals surface area (Å²) in [5.41, 5.74) is 1.21. The zero-order chi connectivity index (χ0) is 36.1. The van der Waals surface area contributed by atoms with Gasteiger partial charge in [0.25, 0.3) is 16.8 Å². The predicted molar refractivity (Wildman–Crippen MR) is 188 cm³/mol. The van der Waals surface area contributed by atoms with Gasteiger partial charge in [0, 0.05) is 36.7 Å². The van der Waals surface area contributed by atoms with Crippen molar-refractivity contribution < 1.29 is 28.7 Å². The Morgan fingerprint density at radius 1 is 0.917 bits per heavy atom. The molecule has 0 aliphatic carbocycles. The number of anilines is 1. The van der Waals surface area contributed by atoms with Crippen LogP contribution < -0.4 is 15.4 Å². The van der Waals surface area contributed by atoms with Gasteiger partial charge in [-0.25, -0.2) is 9.69 Å². The second-order valence-electron chi connectivity index (χ2n) is 14.4. The first kappa shape index (κ1) is 38.5. The topological polar surface area (TPSA) is 125 Å². The molecule has 1 aliphatic heterocycles. The summed E-state index contributed by atoms with van der Waals surface area (Å²) in [6.07, 6.45) is 2.50. The van der Waals surface area contributed by atoms with Gasteiger partial charge in [-0.1, -0.05) is 97.3 Å². The van der Waals surface area contributed by atoms with Gasteiger partial charge in [-0.05, 0) is 53.9 Å². The number of alkyl halides is 1. The molecule has 10 nitrogen and oxygen atoms in total. The number of hydrogen-bond acceptors (Lipinski definition) is 6. The quantitative estimate of drug-likeness (QED) is 0.0694. The van der Waals surface area contributed by atoms with E-state index in [4.69, 9.17) is 16.3 Å². The zero-order valence-electron chi connectivity index (χ0n) is 29.8. The van der Waals surface area contributed by atoms with E-state index < -0.39 is 34.0 Å². The average Bonchev–Trinajstić information content (AvgIpc) is 3.31. The highest BCUT2D eigenvalue weighted by molar-refractivity contribution is 6.50. The Balaban J connectivity index is 1.68. The summed E-state index contributed by atoms with van der Waals surface area (Å²) < 4.78 is 6.20. The lowest BCUT2D eigenvalue weighted by Gasteiger charge is -2.37. The zero-order valence-corrected chi connectivity index (χ0v) is 30.5. The molecule has 1 heterocycles. The Morgan fingerprint density at radius 2 is 1.54 bits per heavy atom. The van der Waals surface area contributed by atoms with Crippen molar-refractivity contribution in [1.82, 2.24) is 15.1 Å². The molecule has 0 radical (unpaired) electrons. The van der Waals surface area contributed by atoms with E-state index in [1.54, 1.807) is 30.3 Å².